The summed E-state index contributed by atoms with van der Waals surface area (Å²) < 4.78 is 10.4. The topological polar surface area (TPSA) is 76.1 Å². The minimum atomic E-state index is -1.04. The van der Waals surface area contributed by atoms with Gasteiger partial charge in [0.05, 0.1) is 0 Å². The first-order chi connectivity index (χ1) is 11.5. The molecule has 0 aliphatic heterocycles. The highest BCUT2D eigenvalue weighted by atomic mass is 16.6. The number of carbonyl (C=O) groups excluding carboxylic acids is 1. The first-order valence-corrected chi connectivity index (χ1v) is 7.40. The molecule has 0 unspecified atom stereocenters. The van der Waals surface area contributed by atoms with Crippen molar-refractivity contribution in [3.8, 4) is 5.75 Å². The summed E-state index contributed by atoms with van der Waals surface area (Å²) in [6, 6.07) is 16.4. The maximum absolute atomic E-state index is 12.0. The number of ether oxygens (including phenoxy) is 2. The lowest BCUT2D eigenvalue weighted by Gasteiger charge is -2.17. The molecule has 126 valence electrons. The zero-order chi connectivity index (χ0) is 17.4. The minimum Gasteiger partial charge on any atom is -0.482 e. The Balaban J connectivity index is 1.86. The van der Waals surface area contributed by atoms with E-state index in [0.29, 0.717) is 12.3 Å². The third kappa shape index (κ3) is 5.64. The molecule has 0 fully saturated rings. The average molecular weight is 329 g/mol. The molecule has 0 spiro atoms. The molecule has 0 bridgehead atoms. The molecule has 0 saturated heterocycles. The van der Waals surface area contributed by atoms with E-state index >= 15 is 0 Å². The van der Waals surface area contributed by atoms with Crippen molar-refractivity contribution in [2.45, 2.75) is 13.2 Å². The highest BCUT2D eigenvalue weighted by Crippen LogP contribution is 2.15. The van der Waals surface area contributed by atoms with Crippen molar-refractivity contribution in [2.75, 3.05) is 13.7 Å². The van der Waals surface area contributed by atoms with Crippen molar-refractivity contribution in [1.29, 1.82) is 0 Å². The van der Waals surface area contributed by atoms with Gasteiger partial charge < -0.3 is 19.5 Å². The summed E-state index contributed by atoms with van der Waals surface area (Å²) in [7, 11) is 1.64. The van der Waals surface area contributed by atoms with Crippen LogP contribution in [-0.2, 0) is 22.7 Å². The molecule has 2 aromatic carbocycles. The Labute approximate surface area is 140 Å². The van der Waals surface area contributed by atoms with Gasteiger partial charge in [-0.1, -0.05) is 42.5 Å². The van der Waals surface area contributed by atoms with Gasteiger partial charge in [-0.3, -0.25) is 0 Å². The van der Waals surface area contributed by atoms with Gasteiger partial charge in [-0.15, -0.1) is 0 Å². The normalized spacial score (nSPS) is 10.0. The SMILES string of the molecule is CN(Cc1cccc(OCC(=O)O)c1)C(=O)OCc1ccccc1. The van der Waals surface area contributed by atoms with Gasteiger partial charge in [0.25, 0.3) is 0 Å². The van der Waals surface area contributed by atoms with Crippen LogP contribution in [0.4, 0.5) is 4.79 Å². The summed E-state index contributed by atoms with van der Waals surface area (Å²) in [4.78, 5) is 24.0. The van der Waals surface area contributed by atoms with E-state index in [1.165, 1.54) is 4.90 Å². The molecule has 1 N–H and O–H groups in total. The van der Waals surface area contributed by atoms with Crippen LogP contribution in [0.15, 0.2) is 54.6 Å². The van der Waals surface area contributed by atoms with E-state index < -0.39 is 18.7 Å². The number of carboxylic acids is 1. The first kappa shape index (κ1) is 17.3. The van der Waals surface area contributed by atoms with Crippen LogP contribution in [0.3, 0.4) is 0 Å². The predicted octanol–water partition coefficient (Wildman–Crippen LogP) is 2.92. The lowest BCUT2D eigenvalue weighted by molar-refractivity contribution is -0.139. The Morgan fingerprint density at radius 1 is 1.04 bits per heavy atom. The monoisotopic (exact) mass is 329 g/mol. The number of amides is 1. The van der Waals surface area contributed by atoms with E-state index in [1.807, 2.05) is 36.4 Å². The lowest BCUT2D eigenvalue weighted by atomic mass is 10.2. The predicted molar refractivity (Wildman–Crippen MR) is 87.7 cm³/mol. The van der Waals surface area contributed by atoms with Crippen LogP contribution in [-0.4, -0.2) is 35.7 Å². The summed E-state index contributed by atoms with van der Waals surface area (Å²) in [5, 5.41) is 8.62. The molecular weight excluding hydrogens is 310 g/mol. The van der Waals surface area contributed by atoms with E-state index in [2.05, 4.69) is 0 Å². The summed E-state index contributed by atoms with van der Waals surface area (Å²) >= 11 is 0. The quantitative estimate of drug-likeness (QED) is 0.845. The Morgan fingerprint density at radius 3 is 2.46 bits per heavy atom. The van der Waals surface area contributed by atoms with Gasteiger partial charge in [-0.25, -0.2) is 9.59 Å². The van der Waals surface area contributed by atoms with E-state index in [1.54, 1.807) is 25.2 Å². The van der Waals surface area contributed by atoms with Crippen LogP contribution in [0.5, 0.6) is 5.75 Å². The largest absolute Gasteiger partial charge is 0.482 e. The van der Waals surface area contributed by atoms with E-state index in [4.69, 9.17) is 14.6 Å². The molecule has 1 amide bonds. The van der Waals surface area contributed by atoms with Crippen molar-refractivity contribution in [2.24, 2.45) is 0 Å². The molecule has 2 aromatic rings. The second-order valence-corrected chi connectivity index (χ2v) is 5.23. The van der Waals surface area contributed by atoms with E-state index in [9.17, 15) is 9.59 Å². The Bertz CT molecular complexity index is 687. The number of rotatable bonds is 7. The van der Waals surface area contributed by atoms with Crippen molar-refractivity contribution in [3.63, 3.8) is 0 Å². The zero-order valence-corrected chi connectivity index (χ0v) is 13.3. The molecule has 2 rings (SSSR count). The summed E-state index contributed by atoms with van der Waals surface area (Å²) in [6.07, 6.45) is -0.435. The van der Waals surface area contributed by atoms with Gasteiger partial charge in [0, 0.05) is 13.6 Å². The third-order valence-electron chi connectivity index (χ3n) is 3.20. The van der Waals surface area contributed by atoms with E-state index in [-0.39, 0.29) is 6.61 Å². The smallest absolute Gasteiger partial charge is 0.410 e. The van der Waals surface area contributed by atoms with Gasteiger partial charge in [0.15, 0.2) is 6.61 Å². The Hall–Kier alpha value is -3.02. The maximum Gasteiger partial charge on any atom is 0.410 e. The lowest BCUT2D eigenvalue weighted by Crippen LogP contribution is -2.26. The molecule has 0 aromatic heterocycles. The van der Waals surface area contributed by atoms with Crippen LogP contribution in [0, 0.1) is 0 Å². The number of carbonyl (C=O) groups is 2. The second-order valence-electron chi connectivity index (χ2n) is 5.23. The Morgan fingerprint density at radius 2 is 1.75 bits per heavy atom. The minimum absolute atomic E-state index is 0.214. The van der Waals surface area contributed by atoms with Crippen LogP contribution in [0.2, 0.25) is 0 Å². The second kappa shape index (κ2) is 8.57. The highest BCUT2D eigenvalue weighted by Gasteiger charge is 2.11. The number of hydrogen-bond donors (Lipinski definition) is 1. The van der Waals surface area contributed by atoms with Crippen molar-refractivity contribution in [3.05, 3.63) is 65.7 Å². The average Bonchev–Trinajstić information content (AvgIpc) is 2.59. The van der Waals surface area contributed by atoms with Crippen LogP contribution < -0.4 is 4.74 Å². The third-order valence-corrected chi connectivity index (χ3v) is 3.20. The van der Waals surface area contributed by atoms with Gasteiger partial charge in [0.2, 0.25) is 0 Å². The summed E-state index contributed by atoms with van der Waals surface area (Å²) in [5.41, 5.74) is 1.74. The Kier molecular flexibility index (Phi) is 6.19. The highest BCUT2D eigenvalue weighted by molar-refractivity contribution is 5.68. The molecule has 0 heterocycles. The molecule has 6 heteroatoms. The van der Waals surface area contributed by atoms with Crippen LogP contribution >= 0.6 is 0 Å². The molecule has 0 radical (unpaired) electrons. The number of carboxylic acid groups (broad SMARTS) is 1. The van der Waals surface area contributed by atoms with Gasteiger partial charge in [0.1, 0.15) is 12.4 Å². The number of aliphatic carboxylic acids is 1. The van der Waals surface area contributed by atoms with E-state index in [0.717, 1.165) is 11.1 Å². The van der Waals surface area contributed by atoms with Crippen molar-refractivity contribution < 1.29 is 24.2 Å². The fourth-order valence-electron chi connectivity index (χ4n) is 2.05. The van der Waals surface area contributed by atoms with Gasteiger partial charge in [-0.2, -0.15) is 0 Å². The summed E-state index contributed by atoms with van der Waals surface area (Å²) in [6.45, 7) is 0.141. The first-order valence-electron chi connectivity index (χ1n) is 7.40. The molecule has 0 atom stereocenters. The molecule has 0 saturated carbocycles. The van der Waals surface area contributed by atoms with Crippen molar-refractivity contribution >= 4 is 12.1 Å². The molecular formula is C18H19NO5. The zero-order valence-electron chi connectivity index (χ0n) is 13.3. The molecule has 0 aliphatic carbocycles. The van der Waals surface area contributed by atoms with Gasteiger partial charge in [-0.05, 0) is 23.3 Å². The number of hydrogen-bond acceptors (Lipinski definition) is 4. The fourth-order valence-corrected chi connectivity index (χ4v) is 2.05. The van der Waals surface area contributed by atoms with Crippen LogP contribution in [0.25, 0.3) is 0 Å². The van der Waals surface area contributed by atoms with Crippen molar-refractivity contribution in [1.82, 2.24) is 4.90 Å². The summed E-state index contributed by atoms with van der Waals surface area (Å²) in [5.74, 6) is -0.594. The number of nitrogens with zero attached hydrogens (tertiary/aromatic N) is 1. The fraction of sp³-hybridized carbons (Fsp3) is 0.222. The molecule has 0 aliphatic rings. The molecule has 24 heavy (non-hydrogen) atoms. The number of benzene rings is 2. The maximum atomic E-state index is 12.0. The van der Waals surface area contributed by atoms with Crippen LogP contribution in [0.1, 0.15) is 11.1 Å². The standard InChI is InChI=1S/C18H19NO5/c1-19(18(22)24-12-14-6-3-2-4-7-14)11-15-8-5-9-16(10-15)23-13-17(20)21/h2-10H,11-13H2,1H3,(H,20,21). The van der Waals surface area contributed by atoms with Gasteiger partial charge >= 0.3 is 12.1 Å². The molecule has 6 nitrogen and oxygen atoms in total.